The lowest BCUT2D eigenvalue weighted by molar-refractivity contribution is -0.146. The van der Waals surface area contributed by atoms with E-state index in [1.807, 2.05) is 0 Å². The third-order valence-electron chi connectivity index (χ3n) is 2.96. The average molecular weight is 314 g/mol. The van der Waals surface area contributed by atoms with E-state index in [-0.39, 0.29) is 12.5 Å². The van der Waals surface area contributed by atoms with Crippen molar-refractivity contribution >= 4 is 40.9 Å². The highest BCUT2D eigenvalue weighted by Gasteiger charge is 2.43. The van der Waals surface area contributed by atoms with Crippen LogP contribution in [0.2, 0.25) is 0 Å². The van der Waals surface area contributed by atoms with E-state index in [0.717, 1.165) is 0 Å². The molecule has 0 spiro atoms. The molecule has 20 heavy (non-hydrogen) atoms. The molecule has 0 aliphatic carbocycles. The lowest BCUT2D eigenvalue weighted by atomic mass is 9.99. The number of carboxylic acid groups (broad SMARTS) is 1. The van der Waals surface area contributed by atoms with Crippen LogP contribution in [0.3, 0.4) is 0 Å². The molecule has 108 valence electrons. The SMILES string of the molecule is O=C(CNC(=O)c1cccs1)NC1(C(=O)O)CCSC1. The Morgan fingerprint density at radius 3 is 2.75 bits per heavy atom. The van der Waals surface area contributed by atoms with Crippen molar-refractivity contribution in [1.29, 1.82) is 0 Å². The summed E-state index contributed by atoms with van der Waals surface area (Å²) in [6, 6.07) is 3.40. The maximum Gasteiger partial charge on any atom is 0.330 e. The first kappa shape index (κ1) is 14.9. The summed E-state index contributed by atoms with van der Waals surface area (Å²) in [5, 5.41) is 16.0. The number of rotatable bonds is 5. The molecule has 3 N–H and O–H groups in total. The summed E-state index contributed by atoms with van der Waals surface area (Å²) in [6.07, 6.45) is 0.400. The van der Waals surface area contributed by atoms with Gasteiger partial charge in [-0.15, -0.1) is 11.3 Å². The van der Waals surface area contributed by atoms with Crippen LogP contribution in [-0.4, -0.2) is 46.5 Å². The molecular weight excluding hydrogens is 300 g/mol. The highest BCUT2D eigenvalue weighted by molar-refractivity contribution is 7.99. The number of thioether (sulfide) groups is 1. The van der Waals surface area contributed by atoms with E-state index in [1.165, 1.54) is 23.1 Å². The molecule has 1 fully saturated rings. The molecule has 1 aliphatic heterocycles. The second-order valence-corrected chi connectivity index (χ2v) is 6.45. The van der Waals surface area contributed by atoms with Gasteiger partial charge >= 0.3 is 5.97 Å². The molecule has 1 saturated heterocycles. The molecule has 8 heteroatoms. The molecular formula is C12H14N2O4S2. The molecule has 2 rings (SSSR count). The van der Waals surface area contributed by atoms with Crippen LogP contribution in [0.5, 0.6) is 0 Å². The topological polar surface area (TPSA) is 95.5 Å². The van der Waals surface area contributed by atoms with E-state index >= 15 is 0 Å². The monoisotopic (exact) mass is 314 g/mol. The number of thiophene rings is 1. The van der Waals surface area contributed by atoms with Gasteiger partial charge in [0.15, 0.2) is 0 Å². The molecule has 0 bridgehead atoms. The maximum atomic E-state index is 11.8. The van der Waals surface area contributed by atoms with Crippen LogP contribution in [0.15, 0.2) is 17.5 Å². The van der Waals surface area contributed by atoms with Crippen molar-refractivity contribution in [2.24, 2.45) is 0 Å². The second-order valence-electron chi connectivity index (χ2n) is 4.40. The first-order chi connectivity index (χ1) is 9.53. The van der Waals surface area contributed by atoms with Crippen molar-refractivity contribution in [1.82, 2.24) is 10.6 Å². The fraction of sp³-hybridized carbons (Fsp3) is 0.417. The highest BCUT2D eigenvalue weighted by atomic mass is 32.2. The van der Waals surface area contributed by atoms with Crippen molar-refractivity contribution in [3.8, 4) is 0 Å². The van der Waals surface area contributed by atoms with E-state index in [4.69, 9.17) is 0 Å². The first-order valence-corrected chi connectivity index (χ1v) is 8.01. The van der Waals surface area contributed by atoms with Gasteiger partial charge in [0.05, 0.1) is 11.4 Å². The van der Waals surface area contributed by atoms with Crippen LogP contribution >= 0.6 is 23.1 Å². The van der Waals surface area contributed by atoms with Crippen molar-refractivity contribution < 1.29 is 19.5 Å². The van der Waals surface area contributed by atoms with Gasteiger partial charge in [-0.3, -0.25) is 9.59 Å². The Balaban J connectivity index is 1.86. The molecule has 2 heterocycles. The van der Waals surface area contributed by atoms with Gasteiger partial charge in [0.25, 0.3) is 5.91 Å². The average Bonchev–Trinajstić information content (AvgIpc) is 3.07. The van der Waals surface area contributed by atoms with Crippen molar-refractivity contribution in [3.63, 3.8) is 0 Å². The standard InChI is InChI=1S/C12H14N2O4S2/c15-9(6-13-10(16)8-2-1-4-20-8)14-12(11(17)18)3-5-19-7-12/h1-2,4H,3,5-7H2,(H,13,16)(H,14,15)(H,17,18). The summed E-state index contributed by atoms with van der Waals surface area (Å²) >= 11 is 2.77. The Kier molecular flexibility index (Phi) is 4.66. The first-order valence-electron chi connectivity index (χ1n) is 5.97. The third-order valence-corrected chi connectivity index (χ3v) is 5.02. The summed E-state index contributed by atoms with van der Waals surface area (Å²) in [5.74, 6) is -0.790. The minimum Gasteiger partial charge on any atom is -0.479 e. The number of hydrogen-bond donors (Lipinski definition) is 3. The van der Waals surface area contributed by atoms with E-state index in [0.29, 0.717) is 22.8 Å². The normalized spacial score (nSPS) is 21.4. The fourth-order valence-electron chi connectivity index (χ4n) is 1.85. The van der Waals surface area contributed by atoms with E-state index in [9.17, 15) is 19.5 Å². The van der Waals surface area contributed by atoms with Gasteiger partial charge in [-0.25, -0.2) is 4.79 Å². The summed E-state index contributed by atoms with van der Waals surface area (Å²) < 4.78 is 0. The number of amides is 2. The Hall–Kier alpha value is -1.54. The Bertz CT molecular complexity index is 510. The quantitative estimate of drug-likeness (QED) is 0.738. The fourth-order valence-corrected chi connectivity index (χ4v) is 3.82. The predicted octanol–water partition coefficient (Wildman–Crippen LogP) is 0.554. The van der Waals surface area contributed by atoms with E-state index in [2.05, 4.69) is 10.6 Å². The van der Waals surface area contributed by atoms with Crippen molar-refractivity contribution in [2.45, 2.75) is 12.0 Å². The predicted molar refractivity (Wildman–Crippen MR) is 77.1 cm³/mol. The van der Waals surface area contributed by atoms with E-state index < -0.39 is 17.4 Å². The Morgan fingerprint density at radius 2 is 2.20 bits per heavy atom. The van der Waals surface area contributed by atoms with Gasteiger partial charge in [-0.2, -0.15) is 11.8 Å². The highest BCUT2D eigenvalue weighted by Crippen LogP contribution is 2.28. The molecule has 1 atom stereocenters. The molecule has 0 radical (unpaired) electrons. The van der Waals surface area contributed by atoms with Gasteiger partial charge in [-0.1, -0.05) is 6.07 Å². The third kappa shape index (κ3) is 3.31. The Labute approximate surface area is 123 Å². The number of carbonyl (C=O) groups is 3. The number of carboxylic acids is 1. The number of aliphatic carboxylic acids is 1. The van der Waals surface area contributed by atoms with Crippen LogP contribution < -0.4 is 10.6 Å². The summed E-state index contributed by atoms with van der Waals surface area (Å²) in [6.45, 7) is -0.226. The summed E-state index contributed by atoms with van der Waals surface area (Å²) in [4.78, 5) is 35.2. The zero-order valence-corrected chi connectivity index (χ0v) is 12.2. The minimum atomic E-state index is -1.20. The lowest BCUT2D eigenvalue weighted by Crippen LogP contribution is -2.56. The number of nitrogens with one attached hydrogen (secondary N) is 2. The van der Waals surface area contributed by atoms with Crippen LogP contribution in [0, 0.1) is 0 Å². The molecule has 1 aromatic rings. The smallest absolute Gasteiger partial charge is 0.330 e. The largest absolute Gasteiger partial charge is 0.479 e. The van der Waals surface area contributed by atoms with Crippen molar-refractivity contribution in [2.75, 3.05) is 18.1 Å². The van der Waals surface area contributed by atoms with Crippen LogP contribution in [0.25, 0.3) is 0 Å². The van der Waals surface area contributed by atoms with Gasteiger partial charge in [0.1, 0.15) is 5.54 Å². The lowest BCUT2D eigenvalue weighted by Gasteiger charge is -2.24. The number of carbonyl (C=O) groups excluding carboxylic acids is 2. The van der Waals surface area contributed by atoms with E-state index in [1.54, 1.807) is 17.5 Å². The van der Waals surface area contributed by atoms with Gasteiger partial charge in [0.2, 0.25) is 5.91 Å². The zero-order valence-electron chi connectivity index (χ0n) is 10.5. The second kappa shape index (κ2) is 6.27. The van der Waals surface area contributed by atoms with Gasteiger partial charge in [-0.05, 0) is 23.6 Å². The van der Waals surface area contributed by atoms with Crippen molar-refractivity contribution in [3.05, 3.63) is 22.4 Å². The summed E-state index contributed by atoms with van der Waals surface area (Å²) in [7, 11) is 0. The van der Waals surface area contributed by atoms with Crippen LogP contribution in [-0.2, 0) is 9.59 Å². The molecule has 1 aliphatic rings. The molecule has 2 amide bonds. The van der Waals surface area contributed by atoms with Gasteiger partial charge in [0, 0.05) is 5.75 Å². The van der Waals surface area contributed by atoms with Gasteiger partial charge < -0.3 is 15.7 Å². The Morgan fingerprint density at radius 1 is 1.40 bits per heavy atom. The summed E-state index contributed by atoms with van der Waals surface area (Å²) in [5.41, 5.74) is -1.20. The molecule has 0 aromatic carbocycles. The molecule has 6 nitrogen and oxygen atoms in total. The maximum absolute atomic E-state index is 11.8. The zero-order chi connectivity index (χ0) is 14.6. The van der Waals surface area contributed by atoms with Crippen LogP contribution in [0.1, 0.15) is 16.1 Å². The van der Waals surface area contributed by atoms with Crippen LogP contribution in [0.4, 0.5) is 0 Å². The minimum absolute atomic E-state index is 0.226. The molecule has 0 saturated carbocycles. The molecule has 1 aromatic heterocycles. The molecule has 1 unspecified atom stereocenters. The number of hydrogen-bond acceptors (Lipinski definition) is 5.